The second-order valence-corrected chi connectivity index (χ2v) is 4.72. The van der Waals surface area contributed by atoms with Gasteiger partial charge < -0.3 is 5.32 Å². The van der Waals surface area contributed by atoms with Crippen molar-refractivity contribution in [2.24, 2.45) is 0 Å². The minimum Gasteiger partial charge on any atom is -0.353 e. The minimum absolute atomic E-state index is 0.00320. The number of hydrogen-bond acceptors (Lipinski definition) is 4. The Kier molecular flexibility index (Phi) is 4.30. The van der Waals surface area contributed by atoms with Gasteiger partial charge in [0.2, 0.25) is 5.91 Å². The van der Waals surface area contributed by atoms with E-state index in [1.807, 2.05) is 6.92 Å². The number of likely N-dealkylation sites (tertiary alicyclic amines) is 1. The zero-order valence-electron chi connectivity index (χ0n) is 11.0. The molecule has 1 aromatic rings. The maximum atomic E-state index is 12.0. The van der Waals surface area contributed by atoms with Crippen LogP contribution in [0, 0.1) is 0 Å². The lowest BCUT2D eigenvalue weighted by molar-refractivity contribution is -0.124. The van der Waals surface area contributed by atoms with Crippen LogP contribution in [0.2, 0.25) is 0 Å². The summed E-state index contributed by atoms with van der Waals surface area (Å²) >= 11 is 0. The number of carbonyl (C=O) groups is 1. The van der Waals surface area contributed by atoms with Gasteiger partial charge in [0.1, 0.15) is 18.7 Å². The normalized spacial score (nSPS) is 22.0. The van der Waals surface area contributed by atoms with Crippen LogP contribution in [0.3, 0.4) is 0 Å². The third-order valence-electron chi connectivity index (χ3n) is 3.63. The van der Waals surface area contributed by atoms with Crippen LogP contribution in [0.15, 0.2) is 12.7 Å². The van der Waals surface area contributed by atoms with E-state index in [-0.39, 0.29) is 11.9 Å². The molecule has 0 aromatic carbocycles. The van der Waals surface area contributed by atoms with Gasteiger partial charge in [0.25, 0.3) is 0 Å². The Morgan fingerprint density at radius 2 is 2.44 bits per heavy atom. The molecule has 2 heterocycles. The summed E-state index contributed by atoms with van der Waals surface area (Å²) in [4.78, 5) is 18.2. The molecule has 0 aliphatic carbocycles. The molecule has 1 amide bonds. The fourth-order valence-corrected chi connectivity index (χ4v) is 2.45. The van der Waals surface area contributed by atoms with E-state index < -0.39 is 0 Å². The average molecular weight is 251 g/mol. The van der Waals surface area contributed by atoms with Crippen LogP contribution >= 0.6 is 0 Å². The summed E-state index contributed by atoms with van der Waals surface area (Å²) in [7, 11) is 0. The fourth-order valence-electron chi connectivity index (χ4n) is 2.45. The molecule has 0 spiro atoms. The van der Waals surface area contributed by atoms with Crippen LogP contribution in [0.5, 0.6) is 0 Å². The van der Waals surface area contributed by atoms with Crippen molar-refractivity contribution in [1.29, 1.82) is 0 Å². The predicted octanol–water partition coefficient (Wildman–Crippen LogP) is 0.440. The highest BCUT2D eigenvalue weighted by molar-refractivity contribution is 5.79. The number of aromatic nitrogens is 3. The summed E-state index contributed by atoms with van der Waals surface area (Å²) in [5, 5.41) is 6.99. The lowest BCUT2D eigenvalue weighted by Gasteiger charge is -2.23. The molecule has 2 atom stereocenters. The van der Waals surface area contributed by atoms with E-state index in [0.717, 1.165) is 19.6 Å². The van der Waals surface area contributed by atoms with Gasteiger partial charge in [0.05, 0.1) is 0 Å². The zero-order chi connectivity index (χ0) is 13.0. The van der Waals surface area contributed by atoms with E-state index in [4.69, 9.17) is 0 Å². The Labute approximate surface area is 107 Å². The molecule has 1 aliphatic rings. The van der Waals surface area contributed by atoms with Crippen molar-refractivity contribution < 1.29 is 4.79 Å². The number of amides is 1. The van der Waals surface area contributed by atoms with Crippen LogP contribution in [0.1, 0.15) is 32.7 Å². The fraction of sp³-hybridized carbons (Fsp3) is 0.750. The molecule has 6 heteroatoms. The van der Waals surface area contributed by atoms with Crippen LogP contribution in [0.25, 0.3) is 0 Å². The number of nitrogens with one attached hydrogen (secondary N) is 1. The molecule has 1 aromatic heterocycles. The van der Waals surface area contributed by atoms with Crippen molar-refractivity contribution in [1.82, 2.24) is 25.0 Å². The van der Waals surface area contributed by atoms with Gasteiger partial charge in [-0.1, -0.05) is 6.92 Å². The Balaban J connectivity index is 1.81. The summed E-state index contributed by atoms with van der Waals surface area (Å²) in [5.74, 6) is 0.00320. The number of likely N-dealkylation sites (N-methyl/N-ethyl adjacent to an activating group) is 1. The number of nitrogens with zero attached hydrogens (tertiary/aromatic N) is 4. The molecule has 6 nitrogen and oxygen atoms in total. The molecule has 1 saturated heterocycles. The summed E-state index contributed by atoms with van der Waals surface area (Å²) in [6.07, 6.45) is 5.41. The molecule has 1 aliphatic heterocycles. The second-order valence-electron chi connectivity index (χ2n) is 4.72. The van der Waals surface area contributed by atoms with Gasteiger partial charge in [-0.05, 0) is 32.9 Å². The Hall–Kier alpha value is -1.43. The lowest BCUT2D eigenvalue weighted by atomic mass is 10.2. The maximum absolute atomic E-state index is 12.0. The maximum Gasteiger partial charge on any atom is 0.244 e. The first-order valence-corrected chi connectivity index (χ1v) is 6.58. The van der Waals surface area contributed by atoms with Gasteiger partial charge >= 0.3 is 0 Å². The van der Waals surface area contributed by atoms with Crippen molar-refractivity contribution in [3.8, 4) is 0 Å². The number of rotatable bonds is 5. The van der Waals surface area contributed by atoms with E-state index in [1.54, 1.807) is 11.0 Å². The van der Waals surface area contributed by atoms with Crippen molar-refractivity contribution in [2.45, 2.75) is 38.8 Å². The van der Waals surface area contributed by atoms with E-state index in [0.29, 0.717) is 6.04 Å². The molecular formula is C12H21N5O. The molecule has 0 unspecified atom stereocenters. The highest BCUT2D eigenvalue weighted by atomic mass is 16.2. The van der Waals surface area contributed by atoms with E-state index >= 15 is 0 Å². The second kappa shape index (κ2) is 5.95. The van der Waals surface area contributed by atoms with Crippen molar-refractivity contribution in [3.05, 3.63) is 12.7 Å². The molecule has 18 heavy (non-hydrogen) atoms. The number of hydrogen-bond donors (Lipinski definition) is 1. The third-order valence-corrected chi connectivity index (χ3v) is 3.63. The summed E-state index contributed by atoms with van der Waals surface area (Å²) in [6.45, 7) is 6.93. The molecule has 1 fully saturated rings. The van der Waals surface area contributed by atoms with E-state index in [9.17, 15) is 4.79 Å². The van der Waals surface area contributed by atoms with Gasteiger partial charge in [-0.3, -0.25) is 9.69 Å². The summed E-state index contributed by atoms with van der Waals surface area (Å²) < 4.78 is 1.57. The number of carbonyl (C=O) groups excluding carboxylic acids is 1. The first-order valence-electron chi connectivity index (χ1n) is 6.58. The topological polar surface area (TPSA) is 63.1 Å². The van der Waals surface area contributed by atoms with Crippen LogP contribution in [-0.4, -0.2) is 51.2 Å². The zero-order valence-corrected chi connectivity index (χ0v) is 11.0. The standard InChI is InChI=1S/C12H21N5O/c1-3-16-6-4-5-11(16)7-14-12(18)10(2)17-9-13-8-15-17/h8-11H,3-7H2,1-2H3,(H,14,18)/t10-,11-/m1/s1. The van der Waals surface area contributed by atoms with E-state index in [2.05, 4.69) is 27.2 Å². The Bertz CT molecular complexity index is 378. The van der Waals surface area contributed by atoms with Crippen molar-refractivity contribution >= 4 is 5.91 Å². The first kappa shape index (κ1) is 13.0. The quantitative estimate of drug-likeness (QED) is 0.825. The average Bonchev–Trinajstić information content (AvgIpc) is 3.05. The molecular weight excluding hydrogens is 230 g/mol. The smallest absolute Gasteiger partial charge is 0.244 e. The first-order chi connectivity index (χ1) is 8.72. The monoisotopic (exact) mass is 251 g/mol. The molecule has 100 valence electrons. The van der Waals surface area contributed by atoms with Crippen molar-refractivity contribution in [2.75, 3.05) is 19.6 Å². The van der Waals surface area contributed by atoms with Gasteiger partial charge in [-0.15, -0.1) is 0 Å². The van der Waals surface area contributed by atoms with Gasteiger partial charge in [0.15, 0.2) is 0 Å². The third kappa shape index (κ3) is 2.87. The molecule has 2 rings (SSSR count). The minimum atomic E-state index is -0.302. The van der Waals surface area contributed by atoms with E-state index in [1.165, 1.54) is 19.2 Å². The molecule has 1 N–H and O–H groups in total. The molecule has 0 bridgehead atoms. The summed E-state index contributed by atoms with van der Waals surface area (Å²) in [5.41, 5.74) is 0. The largest absolute Gasteiger partial charge is 0.353 e. The van der Waals surface area contributed by atoms with Gasteiger partial charge in [-0.2, -0.15) is 5.10 Å². The SMILES string of the molecule is CCN1CCC[C@@H]1CNC(=O)[C@@H](C)n1cncn1. The Morgan fingerprint density at radius 1 is 1.61 bits per heavy atom. The van der Waals surface area contributed by atoms with Crippen LogP contribution in [-0.2, 0) is 4.79 Å². The molecule has 0 radical (unpaired) electrons. The molecule has 0 saturated carbocycles. The Morgan fingerprint density at radius 3 is 3.11 bits per heavy atom. The summed E-state index contributed by atoms with van der Waals surface area (Å²) in [6, 6.07) is 0.186. The highest BCUT2D eigenvalue weighted by Crippen LogP contribution is 2.15. The van der Waals surface area contributed by atoms with Gasteiger partial charge in [0, 0.05) is 12.6 Å². The predicted molar refractivity (Wildman–Crippen MR) is 68.0 cm³/mol. The van der Waals surface area contributed by atoms with Crippen molar-refractivity contribution in [3.63, 3.8) is 0 Å². The van der Waals surface area contributed by atoms with Crippen LogP contribution < -0.4 is 5.32 Å². The lowest BCUT2D eigenvalue weighted by Crippen LogP contribution is -2.42. The highest BCUT2D eigenvalue weighted by Gasteiger charge is 2.24. The van der Waals surface area contributed by atoms with Crippen LogP contribution in [0.4, 0.5) is 0 Å². The van der Waals surface area contributed by atoms with Gasteiger partial charge in [-0.25, -0.2) is 9.67 Å².